The molecular weight excluding hydrogens is 286 g/mol. The molecule has 0 aliphatic rings. The number of halogens is 1. The van der Waals surface area contributed by atoms with E-state index in [1.807, 2.05) is 0 Å². The van der Waals surface area contributed by atoms with Gasteiger partial charge in [-0.05, 0) is 20.8 Å². The molecule has 7 nitrogen and oxygen atoms in total. The van der Waals surface area contributed by atoms with E-state index in [-0.39, 0.29) is 11.6 Å². The van der Waals surface area contributed by atoms with Crippen LogP contribution in [0.4, 0.5) is 4.79 Å². The van der Waals surface area contributed by atoms with Gasteiger partial charge in [0.1, 0.15) is 10.8 Å². The summed E-state index contributed by atoms with van der Waals surface area (Å²) < 4.78 is 6.50. The van der Waals surface area contributed by atoms with Gasteiger partial charge in [-0.2, -0.15) is 5.10 Å². The first-order chi connectivity index (χ1) is 9.10. The lowest BCUT2D eigenvalue weighted by Gasteiger charge is -2.22. The summed E-state index contributed by atoms with van der Waals surface area (Å²) in [5, 5.41) is 15.6. The number of carbonyl (C=O) groups excluding carboxylic acids is 1. The van der Waals surface area contributed by atoms with E-state index >= 15 is 0 Å². The van der Waals surface area contributed by atoms with Crippen molar-refractivity contribution in [3.05, 3.63) is 16.9 Å². The van der Waals surface area contributed by atoms with Gasteiger partial charge in [0, 0.05) is 12.6 Å². The van der Waals surface area contributed by atoms with Crippen LogP contribution in [-0.2, 0) is 16.6 Å². The summed E-state index contributed by atoms with van der Waals surface area (Å²) in [6.45, 7) is 5.15. The summed E-state index contributed by atoms with van der Waals surface area (Å²) in [6.07, 6.45) is 0.404. The second kappa shape index (κ2) is 6.13. The van der Waals surface area contributed by atoms with E-state index in [2.05, 4.69) is 10.4 Å². The lowest BCUT2D eigenvalue weighted by atomic mass is 10.1. The van der Waals surface area contributed by atoms with Gasteiger partial charge in [0.05, 0.1) is 18.7 Å². The molecule has 2 N–H and O–H groups in total. The zero-order chi connectivity index (χ0) is 15.5. The van der Waals surface area contributed by atoms with E-state index < -0.39 is 23.7 Å². The molecule has 0 aliphatic heterocycles. The molecule has 1 aromatic heterocycles. The van der Waals surface area contributed by atoms with E-state index in [9.17, 15) is 9.59 Å². The number of carboxylic acid groups (broad SMARTS) is 1. The maximum Gasteiger partial charge on any atom is 0.408 e. The molecule has 0 spiro atoms. The Morgan fingerprint density at radius 2 is 2.15 bits per heavy atom. The van der Waals surface area contributed by atoms with Crippen molar-refractivity contribution in [1.82, 2.24) is 15.1 Å². The Morgan fingerprint density at radius 1 is 1.55 bits per heavy atom. The largest absolute Gasteiger partial charge is 0.481 e. The first kappa shape index (κ1) is 16.3. The minimum atomic E-state index is -1.06. The van der Waals surface area contributed by atoms with Gasteiger partial charge in [-0.1, -0.05) is 11.6 Å². The van der Waals surface area contributed by atoms with Gasteiger partial charge in [0.25, 0.3) is 0 Å². The molecule has 1 aromatic rings. The van der Waals surface area contributed by atoms with Gasteiger partial charge < -0.3 is 15.2 Å². The Kier molecular flexibility index (Phi) is 4.99. The van der Waals surface area contributed by atoms with Crippen molar-refractivity contribution < 1.29 is 19.4 Å². The zero-order valence-corrected chi connectivity index (χ0v) is 12.6. The summed E-state index contributed by atoms with van der Waals surface area (Å²) in [5.41, 5.74) is -0.237. The molecule has 1 amide bonds. The van der Waals surface area contributed by atoms with E-state index in [1.165, 1.54) is 10.9 Å². The number of alkyl carbamates (subject to hydrolysis) is 1. The minimum absolute atomic E-state index is 0.271. The molecular formula is C12H18ClN3O4. The number of aryl methyl sites for hydroxylation is 1. The van der Waals surface area contributed by atoms with Crippen molar-refractivity contribution in [1.29, 1.82) is 0 Å². The maximum atomic E-state index is 11.7. The highest BCUT2D eigenvalue weighted by Crippen LogP contribution is 2.25. The monoisotopic (exact) mass is 303 g/mol. The molecule has 1 rings (SSSR count). The average molecular weight is 304 g/mol. The SMILES string of the molecule is Cn1ncc([C@H](CC(=O)O)NC(=O)OC(C)(C)C)c1Cl. The number of hydrogen-bond donors (Lipinski definition) is 2. The summed E-state index contributed by atoms with van der Waals surface area (Å²) >= 11 is 6.02. The molecule has 0 aliphatic carbocycles. The fraction of sp³-hybridized carbons (Fsp3) is 0.583. The van der Waals surface area contributed by atoms with Crippen LogP contribution in [0, 0.1) is 0 Å². The average Bonchev–Trinajstić information content (AvgIpc) is 2.55. The molecule has 0 bridgehead atoms. The fourth-order valence-corrected chi connectivity index (χ4v) is 1.76. The van der Waals surface area contributed by atoms with Crippen LogP contribution >= 0.6 is 11.6 Å². The van der Waals surface area contributed by atoms with Crippen LogP contribution in [0.2, 0.25) is 5.15 Å². The molecule has 0 radical (unpaired) electrons. The molecule has 8 heteroatoms. The van der Waals surface area contributed by atoms with E-state index in [1.54, 1.807) is 27.8 Å². The molecule has 0 aromatic carbocycles. The van der Waals surface area contributed by atoms with Crippen LogP contribution in [0.25, 0.3) is 0 Å². The van der Waals surface area contributed by atoms with Crippen LogP contribution in [0.1, 0.15) is 38.8 Å². The maximum absolute atomic E-state index is 11.7. The second-order valence-corrected chi connectivity index (χ2v) is 5.67. The van der Waals surface area contributed by atoms with E-state index in [4.69, 9.17) is 21.4 Å². The number of hydrogen-bond acceptors (Lipinski definition) is 4. The highest BCUT2D eigenvalue weighted by Gasteiger charge is 2.25. The Labute approximate surface area is 121 Å². The smallest absolute Gasteiger partial charge is 0.408 e. The van der Waals surface area contributed by atoms with Gasteiger partial charge in [0.2, 0.25) is 0 Å². The van der Waals surface area contributed by atoms with Gasteiger partial charge in [-0.3, -0.25) is 9.48 Å². The molecule has 0 saturated heterocycles. The third kappa shape index (κ3) is 4.73. The number of rotatable bonds is 4. The third-order valence-electron chi connectivity index (χ3n) is 2.34. The van der Waals surface area contributed by atoms with Crippen molar-refractivity contribution >= 4 is 23.7 Å². The molecule has 1 atom stereocenters. The summed E-state index contributed by atoms with van der Waals surface area (Å²) in [4.78, 5) is 22.7. The summed E-state index contributed by atoms with van der Waals surface area (Å²) in [7, 11) is 1.62. The van der Waals surface area contributed by atoms with Crippen molar-refractivity contribution in [2.45, 2.75) is 38.8 Å². The van der Waals surface area contributed by atoms with Crippen LogP contribution in [-0.4, -0.2) is 32.6 Å². The van der Waals surface area contributed by atoms with Crippen LogP contribution < -0.4 is 5.32 Å². The molecule has 1 heterocycles. The Hall–Kier alpha value is -1.76. The van der Waals surface area contributed by atoms with Gasteiger partial charge in [0.15, 0.2) is 0 Å². The molecule has 112 valence electrons. The predicted octanol–water partition coefficient (Wildman–Crippen LogP) is 2.11. The van der Waals surface area contributed by atoms with Crippen molar-refractivity contribution in [2.24, 2.45) is 7.05 Å². The van der Waals surface area contributed by atoms with Crippen molar-refractivity contribution in [2.75, 3.05) is 0 Å². The number of nitrogens with one attached hydrogen (secondary N) is 1. The van der Waals surface area contributed by atoms with Crippen molar-refractivity contribution in [3.63, 3.8) is 0 Å². The van der Waals surface area contributed by atoms with Crippen LogP contribution in [0.5, 0.6) is 0 Å². The lowest BCUT2D eigenvalue weighted by molar-refractivity contribution is -0.137. The number of amides is 1. The molecule has 20 heavy (non-hydrogen) atoms. The van der Waals surface area contributed by atoms with Gasteiger partial charge in [-0.25, -0.2) is 4.79 Å². The van der Waals surface area contributed by atoms with E-state index in [0.717, 1.165) is 0 Å². The molecule has 0 fully saturated rings. The van der Waals surface area contributed by atoms with Crippen LogP contribution in [0.3, 0.4) is 0 Å². The Bertz CT molecular complexity index is 507. The normalized spacial score (nSPS) is 12.8. The number of carboxylic acids is 1. The predicted molar refractivity (Wildman–Crippen MR) is 72.6 cm³/mol. The van der Waals surface area contributed by atoms with Crippen molar-refractivity contribution in [3.8, 4) is 0 Å². The third-order valence-corrected chi connectivity index (χ3v) is 2.80. The first-order valence-corrected chi connectivity index (χ1v) is 6.36. The molecule has 0 unspecified atom stereocenters. The first-order valence-electron chi connectivity index (χ1n) is 5.99. The summed E-state index contributed by atoms with van der Waals surface area (Å²) in [5.74, 6) is -1.06. The van der Waals surface area contributed by atoms with Crippen LogP contribution in [0.15, 0.2) is 6.20 Å². The minimum Gasteiger partial charge on any atom is -0.481 e. The standard InChI is InChI=1S/C12H18ClN3O4/c1-12(2,3)20-11(19)15-8(5-9(17)18)7-6-14-16(4)10(7)13/h6,8H,5H2,1-4H3,(H,15,19)(H,17,18)/t8-/m0/s1. The Morgan fingerprint density at radius 3 is 2.55 bits per heavy atom. The topological polar surface area (TPSA) is 93.5 Å². The van der Waals surface area contributed by atoms with Gasteiger partial charge >= 0.3 is 12.1 Å². The Balaban J connectivity index is 2.88. The number of nitrogens with zero attached hydrogens (tertiary/aromatic N) is 2. The number of aliphatic carboxylic acids is 1. The fourth-order valence-electron chi connectivity index (χ4n) is 1.54. The summed E-state index contributed by atoms with van der Waals surface area (Å²) in [6, 6.07) is -0.802. The number of ether oxygens (including phenoxy) is 1. The quantitative estimate of drug-likeness (QED) is 0.888. The van der Waals surface area contributed by atoms with Gasteiger partial charge in [-0.15, -0.1) is 0 Å². The molecule has 0 saturated carbocycles. The highest BCUT2D eigenvalue weighted by atomic mass is 35.5. The second-order valence-electron chi connectivity index (χ2n) is 5.31. The zero-order valence-electron chi connectivity index (χ0n) is 11.8. The van der Waals surface area contributed by atoms with E-state index in [0.29, 0.717) is 5.56 Å². The lowest BCUT2D eigenvalue weighted by Crippen LogP contribution is -2.35. The number of aromatic nitrogens is 2. The number of carbonyl (C=O) groups is 2. The highest BCUT2D eigenvalue weighted by molar-refractivity contribution is 6.30.